The fraction of sp³-hybridized carbons (Fsp3) is 0. The average Bonchev–Trinajstić information content (AvgIpc) is 2.75. The molecule has 0 unspecified atom stereocenters. The second kappa shape index (κ2) is 7.52. The lowest BCUT2D eigenvalue weighted by molar-refractivity contribution is 0.103. The van der Waals surface area contributed by atoms with Crippen molar-refractivity contribution in [2.45, 2.75) is 0 Å². The van der Waals surface area contributed by atoms with E-state index in [9.17, 15) is 4.79 Å². The molecule has 4 rings (SSSR count). The predicted molar refractivity (Wildman–Crippen MR) is 108 cm³/mol. The number of hydrogen-bond acceptors (Lipinski definition) is 3. The topological polar surface area (TPSA) is 42.9 Å². The van der Waals surface area contributed by atoms with Crippen LogP contribution in [0, 0.1) is 0 Å². The van der Waals surface area contributed by atoms with Crippen LogP contribution in [0.5, 0.6) is 0 Å². The van der Waals surface area contributed by atoms with Crippen molar-refractivity contribution < 1.29 is 4.79 Å². The average molecular weight is 371 g/mol. The number of benzene rings is 3. The maximum absolute atomic E-state index is 13.3. The molecule has 3 aromatic carbocycles. The highest BCUT2D eigenvalue weighted by Crippen LogP contribution is 2.36. The molecule has 0 fully saturated rings. The maximum Gasteiger partial charge on any atom is 0.196 e. The molecule has 0 amide bonds. The van der Waals surface area contributed by atoms with Gasteiger partial charge in [-0.1, -0.05) is 103 Å². The lowest BCUT2D eigenvalue weighted by Crippen LogP contribution is -2.09. The van der Waals surface area contributed by atoms with Crippen LogP contribution >= 0.6 is 11.6 Å². The zero-order chi connectivity index (χ0) is 18.6. The number of aromatic nitrogens is 2. The molecular formula is C23H15ClN2O. The second-order valence-corrected chi connectivity index (χ2v) is 6.37. The Bertz CT molecular complexity index is 1080. The Labute approximate surface area is 162 Å². The largest absolute Gasteiger partial charge is 0.288 e. The van der Waals surface area contributed by atoms with Crippen LogP contribution in [0.1, 0.15) is 15.9 Å². The van der Waals surface area contributed by atoms with E-state index in [1.165, 1.54) is 0 Å². The lowest BCUT2D eigenvalue weighted by Gasteiger charge is -2.14. The molecule has 1 aromatic heterocycles. The number of carbonyl (C=O) groups is 1. The van der Waals surface area contributed by atoms with Crippen LogP contribution in [0.3, 0.4) is 0 Å². The molecule has 0 saturated heterocycles. The van der Waals surface area contributed by atoms with Gasteiger partial charge in [-0.25, -0.2) is 0 Å². The number of halogens is 1. The van der Waals surface area contributed by atoms with Crippen LogP contribution in [0.4, 0.5) is 0 Å². The van der Waals surface area contributed by atoms with E-state index in [0.29, 0.717) is 22.4 Å². The Balaban J connectivity index is 2.02. The zero-order valence-corrected chi connectivity index (χ0v) is 15.1. The standard InChI is InChI=1S/C23H15ClN2O/c24-23-20(22(27)18-14-8-3-9-15-18)19(16-10-4-1-5-11-16)21(25-26-23)17-12-6-2-7-13-17/h1-15H. The maximum atomic E-state index is 13.3. The molecule has 0 aliphatic rings. The first-order valence-corrected chi connectivity index (χ1v) is 8.90. The highest BCUT2D eigenvalue weighted by Gasteiger charge is 2.24. The SMILES string of the molecule is O=C(c1ccccc1)c1c(Cl)nnc(-c2ccccc2)c1-c1ccccc1. The Hall–Kier alpha value is -3.30. The van der Waals surface area contributed by atoms with E-state index >= 15 is 0 Å². The molecule has 0 spiro atoms. The molecule has 27 heavy (non-hydrogen) atoms. The van der Waals surface area contributed by atoms with Crippen LogP contribution in [0.15, 0.2) is 91.0 Å². The molecule has 0 bridgehead atoms. The lowest BCUT2D eigenvalue weighted by atomic mass is 9.92. The molecule has 0 aliphatic carbocycles. The van der Waals surface area contributed by atoms with Gasteiger partial charge in [0.2, 0.25) is 0 Å². The van der Waals surface area contributed by atoms with Crippen molar-refractivity contribution in [2.24, 2.45) is 0 Å². The van der Waals surface area contributed by atoms with Gasteiger partial charge < -0.3 is 0 Å². The Morgan fingerprint density at radius 2 is 1.19 bits per heavy atom. The Morgan fingerprint density at radius 1 is 0.667 bits per heavy atom. The van der Waals surface area contributed by atoms with Crippen molar-refractivity contribution in [3.05, 3.63) is 107 Å². The molecule has 0 aliphatic heterocycles. The summed E-state index contributed by atoms with van der Waals surface area (Å²) in [6, 6.07) is 28.4. The molecule has 0 N–H and O–H groups in total. The van der Waals surface area contributed by atoms with Crippen molar-refractivity contribution in [1.29, 1.82) is 0 Å². The van der Waals surface area contributed by atoms with Gasteiger partial charge in [0.25, 0.3) is 0 Å². The number of nitrogens with zero attached hydrogens (tertiary/aromatic N) is 2. The first kappa shape index (κ1) is 17.1. The van der Waals surface area contributed by atoms with Gasteiger partial charge in [-0.3, -0.25) is 4.79 Å². The number of carbonyl (C=O) groups excluding carboxylic acids is 1. The van der Waals surface area contributed by atoms with E-state index in [1.54, 1.807) is 12.1 Å². The van der Waals surface area contributed by atoms with Gasteiger partial charge in [0.1, 0.15) is 5.69 Å². The van der Waals surface area contributed by atoms with E-state index in [2.05, 4.69) is 10.2 Å². The van der Waals surface area contributed by atoms with Gasteiger partial charge in [-0.05, 0) is 5.56 Å². The third kappa shape index (κ3) is 3.37. The molecular weight excluding hydrogens is 356 g/mol. The van der Waals surface area contributed by atoms with Crippen molar-refractivity contribution in [3.8, 4) is 22.4 Å². The van der Waals surface area contributed by atoms with Gasteiger partial charge in [0, 0.05) is 16.7 Å². The second-order valence-electron chi connectivity index (χ2n) is 6.02. The van der Waals surface area contributed by atoms with Crippen LogP contribution in [-0.2, 0) is 0 Å². The summed E-state index contributed by atoms with van der Waals surface area (Å²) in [7, 11) is 0. The van der Waals surface area contributed by atoms with Gasteiger partial charge in [-0.2, -0.15) is 0 Å². The summed E-state index contributed by atoms with van der Waals surface area (Å²) in [6.45, 7) is 0. The monoisotopic (exact) mass is 370 g/mol. The van der Waals surface area contributed by atoms with Gasteiger partial charge in [0.15, 0.2) is 10.9 Å². The van der Waals surface area contributed by atoms with Crippen LogP contribution in [0.2, 0.25) is 5.15 Å². The summed E-state index contributed by atoms with van der Waals surface area (Å²) in [6.07, 6.45) is 0. The fourth-order valence-corrected chi connectivity index (χ4v) is 3.26. The number of hydrogen-bond donors (Lipinski definition) is 0. The minimum absolute atomic E-state index is 0.0994. The fourth-order valence-electron chi connectivity index (χ4n) is 3.04. The quantitative estimate of drug-likeness (QED) is 0.433. The molecule has 3 nitrogen and oxygen atoms in total. The van der Waals surface area contributed by atoms with Crippen molar-refractivity contribution in [1.82, 2.24) is 10.2 Å². The molecule has 0 radical (unpaired) electrons. The summed E-state index contributed by atoms with van der Waals surface area (Å²) < 4.78 is 0. The minimum Gasteiger partial charge on any atom is -0.288 e. The zero-order valence-electron chi connectivity index (χ0n) is 14.3. The smallest absolute Gasteiger partial charge is 0.196 e. The van der Waals surface area contributed by atoms with Gasteiger partial charge in [-0.15, -0.1) is 10.2 Å². The molecule has 4 heteroatoms. The molecule has 130 valence electrons. The van der Waals surface area contributed by atoms with Crippen LogP contribution < -0.4 is 0 Å². The van der Waals surface area contributed by atoms with Crippen molar-refractivity contribution >= 4 is 17.4 Å². The van der Waals surface area contributed by atoms with Gasteiger partial charge in [0.05, 0.1) is 5.56 Å². The third-order valence-corrected chi connectivity index (χ3v) is 4.57. The third-order valence-electron chi connectivity index (χ3n) is 4.30. The molecule has 4 aromatic rings. The van der Waals surface area contributed by atoms with Gasteiger partial charge >= 0.3 is 0 Å². The van der Waals surface area contributed by atoms with E-state index in [1.807, 2.05) is 78.9 Å². The Morgan fingerprint density at radius 3 is 1.78 bits per heavy atom. The van der Waals surface area contributed by atoms with E-state index < -0.39 is 0 Å². The van der Waals surface area contributed by atoms with E-state index in [4.69, 9.17) is 11.6 Å². The summed E-state index contributed by atoms with van der Waals surface area (Å²) >= 11 is 6.39. The highest BCUT2D eigenvalue weighted by atomic mass is 35.5. The summed E-state index contributed by atoms with van der Waals surface area (Å²) in [5.41, 5.74) is 3.99. The summed E-state index contributed by atoms with van der Waals surface area (Å²) in [4.78, 5) is 13.3. The summed E-state index contributed by atoms with van der Waals surface area (Å²) in [5.74, 6) is -0.175. The van der Waals surface area contributed by atoms with Crippen molar-refractivity contribution in [3.63, 3.8) is 0 Å². The van der Waals surface area contributed by atoms with Crippen LogP contribution in [-0.4, -0.2) is 16.0 Å². The molecule has 1 heterocycles. The molecule has 0 atom stereocenters. The minimum atomic E-state index is -0.175. The predicted octanol–water partition coefficient (Wildman–Crippen LogP) is 5.70. The normalized spacial score (nSPS) is 10.6. The first-order valence-electron chi connectivity index (χ1n) is 8.52. The van der Waals surface area contributed by atoms with E-state index in [0.717, 1.165) is 11.1 Å². The molecule has 0 saturated carbocycles. The highest BCUT2D eigenvalue weighted by molar-refractivity contribution is 6.35. The first-order chi connectivity index (χ1) is 13.3. The summed E-state index contributed by atoms with van der Waals surface area (Å²) in [5, 5.41) is 8.51. The Kier molecular flexibility index (Phi) is 4.77. The van der Waals surface area contributed by atoms with Crippen LogP contribution in [0.25, 0.3) is 22.4 Å². The van der Waals surface area contributed by atoms with Crippen molar-refractivity contribution in [2.75, 3.05) is 0 Å². The number of rotatable bonds is 4. The van der Waals surface area contributed by atoms with E-state index in [-0.39, 0.29) is 10.9 Å². The number of ketones is 1.